The number of amides is 1. The first-order chi connectivity index (χ1) is 12.6. The van der Waals surface area contributed by atoms with E-state index in [0.717, 1.165) is 27.8 Å². The summed E-state index contributed by atoms with van der Waals surface area (Å²) in [4.78, 5) is 16.6. The molecule has 1 atom stereocenters. The van der Waals surface area contributed by atoms with E-state index in [1.165, 1.54) is 11.8 Å². The Morgan fingerprint density at radius 1 is 1.23 bits per heavy atom. The first-order valence-corrected chi connectivity index (χ1v) is 9.34. The molecule has 1 aromatic carbocycles. The molecule has 1 amide bonds. The summed E-state index contributed by atoms with van der Waals surface area (Å²) >= 11 is 1.40. The summed E-state index contributed by atoms with van der Waals surface area (Å²) in [5.41, 5.74) is 2.86. The van der Waals surface area contributed by atoms with Crippen molar-refractivity contribution in [2.24, 2.45) is 0 Å². The van der Waals surface area contributed by atoms with E-state index in [1.54, 1.807) is 12.4 Å². The van der Waals surface area contributed by atoms with Gasteiger partial charge in [-0.1, -0.05) is 29.5 Å². The predicted molar refractivity (Wildman–Crippen MR) is 104 cm³/mol. The topological polar surface area (TPSA) is 72.7 Å². The molecule has 3 rings (SSSR count). The van der Waals surface area contributed by atoms with E-state index in [-0.39, 0.29) is 11.2 Å². The van der Waals surface area contributed by atoms with E-state index >= 15 is 0 Å². The van der Waals surface area contributed by atoms with Gasteiger partial charge in [0.2, 0.25) is 5.91 Å². The molecule has 26 heavy (non-hydrogen) atoms. The van der Waals surface area contributed by atoms with E-state index in [0.29, 0.717) is 6.54 Å². The summed E-state index contributed by atoms with van der Waals surface area (Å²) in [6.45, 7) is 6.63. The quantitative estimate of drug-likeness (QED) is 0.671. The minimum absolute atomic E-state index is 0.0626. The molecule has 6 nitrogen and oxygen atoms in total. The van der Waals surface area contributed by atoms with Crippen LogP contribution in [0.3, 0.4) is 0 Å². The Labute approximate surface area is 157 Å². The van der Waals surface area contributed by atoms with Crippen LogP contribution in [-0.2, 0) is 11.3 Å². The molecule has 134 valence electrons. The fraction of sp³-hybridized carbons (Fsp3) is 0.263. The van der Waals surface area contributed by atoms with Crippen LogP contribution in [0.5, 0.6) is 0 Å². The highest BCUT2D eigenvalue weighted by molar-refractivity contribution is 8.00. The summed E-state index contributed by atoms with van der Waals surface area (Å²) in [5, 5.41) is 11.9. The van der Waals surface area contributed by atoms with E-state index < -0.39 is 0 Å². The first-order valence-electron chi connectivity index (χ1n) is 8.46. The van der Waals surface area contributed by atoms with E-state index in [9.17, 15) is 4.79 Å². The largest absolute Gasteiger partial charge is 0.325 e. The number of rotatable bonds is 6. The molecule has 0 bridgehead atoms. The number of hydrogen-bond donors (Lipinski definition) is 1. The van der Waals surface area contributed by atoms with Crippen molar-refractivity contribution in [2.45, 2.75) is 37.7 Å². The standard InChI is InChI=1S/C19H21N5OS/c1-4-24-17(15-6-5-11-20-12-15)22-23-19(24)26-14(3)18(25)21-16-9-7-13(2)8-10-16/h5-12,14H,4H2,1-3H3,(H,21,25)/t14-/m0/s1. The third kappa shape index (κ3) is 4.11. The monoisotopic (exact) mass is 367 g/mol. The maximum absolute atomic E-state index is 12.5. The van der Waals surface area contributed by atoms with Crippen LogP contribution >= 0.6 is 11.8 Å². The summed E-state index contributed by atoms with van der Waals surface area (Å²) in [6, 6.07) is 11.6. The third-order valence-electron chi connectivity index (χ3n) is 3.92. The summed E-state index contributed by atoms with van der Waals surface area (Å²) in [5.74, 6) is 0.696. The van der Waals surface area contributed by atoms with Crippen LogP contribution in [0.2, 0.25) is 0 Å². The highest BCUT2D eigenvalue weighted by atomic mass is 32.2. The number of hydrogen-bond acceptors (Lipinski definition) is 5. The highest BCUT2D eigenvalue weighted by Crippen LogP contribution is 2.27. The van der Waals surface area contributed by atoms with Gasteiger partial charge in [-0.2, -0.15) is 0 Å². The van der Waals surface area contributed by atoms with Gasteiger partial charge in [0.1, 0.15) is 0 Å². The molecule has 0 aliphatic rings. The van der Waals surface area contributed by atoms with Crippen molar-refractivity contribution in [1.29, 1.82) is 0 Å². The average molecular weight is 367 g/mol. The van der Waals surface area contributed by atoms with E-state index in [4.69, 9.17) is 0 Å². The number of thioether (sulfide) groups is 1. The van der Waals surface area contributed by atoms with Crippen molar-refractivity contribution < 1.29 is 4.79 Å². The molecular formula is C19H21N5OS. The lowest BCUT2D eigenvalue weighted by molar-refractivity contribution is -0.115. The Kier molecular flexibility index (Phi) is 5.68. The predicted octanol–water partition coefficient (Wildman–Crippen LogP) is 3.79. The van der Waals surface area contributed by atoms with E-state index in [1.807, 2.05) is 61.7 Å². The van der Waals surface area contributed by atoms with Gasteiger partial charge in [0, 0.05) is 30.2 Å². The minimum atomic E-state index is -0.299. The smallest absolute Gasteiger partial charge is 0.237 e. The lowest BCUT2D eigenvalue weighted by Crippen LogP contribution is -2.22. The SMILES string of the molecule is CCn1c(S[C@@H](C)C(=O)Nc2ccc(C)cc2)nnc1-c1cccnc1. The van der Waals surface area contributed by atoms with Crippen molar-refractivity contribution in [1.82, 2.24) is 19.7 Å². The van der Waals surface area contributed by atoms with Crippen LogP contribution in [0.1, 0.15) is 19.4 Å². The number of aromatic nitrogens is 4. The summed E-state index contributed by atoms with van der Waals surface area (Å²) < 4.78 is 2.00. The molecule has 0 aliphatic carbocycles. The van der Waals surface area contributed by atoms with Crippen molar-refractivity contribution >= 4 is 23.4 Å². The van der Waals surface area contributed by atoms with Gasteiger partial charge in [0.25, 0.3) is 0 Å². The minimum Gasteiger partial charge on any atom is -0.325 e. The zero-order chi connectivity index (χ0) is 18.5. The number of anilines is 1. The fourth-order valence-electron chi connectivity index (χ4n) is 2.46. The first kappa shape index (κ1) is 18.1. The molecule has 0 saturated heterocycles. The molecule has 2 heterocycles. The van der Waals surface area contributed by atoms with Crippen LogP contribution in [0.15, 0.2) is 53.9 Å². The second kappa shape index (κ2) is 8.14. The van der Waals surface area contributed by atoms with Gasteiger partial charge in [-0.15, -0.1) is 10.2 Å². The maximum atomic E-state index is 12.5. The van der Waals surface area contributed by atoms with Crippen molar-refractivity contribution in [3.8, 4) is 11.4 Å². The number of nitrogens with zero attached hydrogens (tertiary/aromatic N) is 4. The normalized spacial score (nSPS) is 12.0. The van der Waals surface area contributed by atoms with E-state index in [2.05, 4.69) is 20.5 Å². The van der Waals surface area contributed by atoms with Crippen LogP contribution in [0.25, 0.3) is 11.4 Å². The lowest BCUT2D eigenvalue weighted by Gasteiger charge is -2.13. The molecule has 0 radical (unpaired) electrons. The number of benzene rings is 1. The Bertz CT molecular complexity index is 877. The third-order valence-corrected chi connectivity index (χ3v) is 5.00. The molecule has 0 spiro atoms. The molecular weight excluding hydrogens is 346 g/mol. The molecule has 0 aliphatic heterocycles. The lowest BCUT2D eigenvalue weighted by atomic mass is 10.2. The second-order valence-electron chi connectivity index (χ2n) is 5.91. The van der Waals surface area contributed by atoms with Crippen LogP contribution in [-0.4, -0.2) is 30.9 Å². The summed E-state index contributed by atoms with van der Waals surface area (Å²) in [7, 11) is 0. The van der Waals surface area contributed by atoms with Crippen molar-refractivity contribution in [3.05, 3.63) is 54.4 Å². The Morgan fingerprint density at radius 2 is 2.00 bits per heavy atom. The zero-order valence-corrected chi connectivity index (χ0v) is 15.8. The van der Waals surface area contributed by atoms with Gasteiger partial charge in [0.05, 0.1) is 5.25 Å². The van der Waals surface area contributed by atoms with Crippen molar-refractivity contribution in [3.63, 3.8) is 0 Å². The van der Waals surface area contributed by atoms with Crippen LogP contribution < -0.4 is 5.32 Å². The number of carbonyl (C=O) groups excluding carboxylic acids is 1. The molecule has 0 fully saturated rings. The molecule has 2 aromatic heterocycles. The Balaban J connectivity index is 1.73. The van der Waals surface area contributed by atoms with Gasteiger partial charge >= 0.3 is 0 Å². The molecule has 0 unspecified atom stereocenters. The van der Waals surface area contributed by atoms with Crippen molar-refractivity contribution in [2.75, 3.05) is 5.32 Å². The maximum Gasteiger partial charge on any atom is 0.237 e. The number of nitrogens with one attached hydrogen (secondary N) is 1. The zero-order valence-electron chi connectivity index (χ0n) is 15.0. The number of pyridine rings is 1. The van der Waals surface area contributed by atoms with Gasteiger partial charge < -0.3 is 9.88 Å². The molecule has 1 N–H and O–H groups in total. The molecule has 3 aromatic rings. The fourth-order valence-corrected chi connectivity index (χ4v) is 3.37. The second-order valence-corrected chi connectivity index (χ2v) is 7.22. The Morgan fingerprint density at radius 3 is 2.65 bits per heavy atom. The Hall–Kier alpha value is -2.67. The summed E-state index contributed by atoms with van der Waals surface area (Å²) in [6.07, 6.45) is 3.49. The number of aryl methyl sites for hydroxylation is 1. The van der Waals surface area contributed by atoms with Gasteiger partial charge in [-0.05, 0) is 45.0 Å². The highest BCUT2D eigenvalue weighted by Gasteiger charge is 2.20. The van der Waals surface area contributed by atoms with Crippen LogP contribution in [0, 0.1) is 6.92 Å². The average Bonchev–Trinajstić information content (AvgIpc) is 3.06. The molecule has 0 saturated carbocycles. The number of carbonyl (C=O) groups is 1. The van der Waals surface area contributed by atoms with Gasteiger partial charge in [-0.25, -0.2) is 0 Å². The van der Waals surface area contributed by atoms with Gasteiger partial charge in [-0.3, -0.25) is 9.78 Å². The van der Waals surface area contributed by atoms with Crippen LogP contribution in [0.4, 0.5) is 5.69 Å². The molecule has 7 heteroatoms. The van der Waals surface area contributed by atoms with Gasteiger partial charge in [0.15, 0.2) is 11.0 Å².